The van der Waals surface area contributed by atoms with Gasteiger partial charge in [0.1, 0.15) is 5.75 Å². The first-order valence-corrected chi connectivity index (χ1v) is 10.3. The van der Waals surface area contributed by atoms with Gasteiger partial charge in [0.2, 0.25) is 0 Å². The van der Waals surface area contributed by atoms with Crippen LogP contribution in [0.4, 0.5) is 0 Å². The molecule has 3 rings (SSSR count). The van der Waals surface area contributed by atoms with Gasteiger partial charge in [-0.15, -0.1) is 21.9 Å². The van der Waals surface area contributed by atoms with Crippen LogP contribution < -0.4 is 4.74 Å². The minimum Gasteiger partial charge on any atom is -0.493 e. The Balaban J connectivity index is 0.00000243. The molecule has 2 nitrogen and oxygen atoms in total. The molecule has 1 fully saturated rings. The van der Waals surface area contributed by atoms with Crippen molar-refractivity contribution in [3.63, 3.8) is 0 Å². The molecule has 139 valence electrons. The summed E-state index contributed by atoms with van der Waals surface area (Å²) in [5.74, 6) is 1.31. The quantitative estimate of drug-likeness (QED) is 0.451. The number of thiophene rings is 1. The molecule has 0 unspecified atom stereocenters. The van der Waals surface area contributed by atoms with Crippen LogP contribution in [0.15, 0.2) is 30.3 Å². The average molecular weight is 467 g/mol. The van der Waals surface area contributed by atoms with Crippen LogP contribution in [0.3, 0.4) is 0 Å². The van der Waals surface area contributed by atoms with Crippen LogP contribution in [-0.2, 0) is 39.1 Å². The number of alkyl halides is 1. The van der Waals surface area contributed by atoms with E-state index in [9.17, 15) is 5.11 Å². The molecule has 1 saturated carbocycles. The number of halogens is 1. The van der Waals surface area contributed by atoms with E-state index in [1.807, 2.05) is 6.07 Å². The van der Waals surface area contributed by atoms with Gasteiger partial charge in [-0.1, -0.05) is 18.9 Å². The van der Waals surface area contributed by atoms with Crippen molar-refractivity contribution >= 4 is 22.9 Å². The van der Waals surface area contributed by atoms with E-state index in [0.29, 0.717) is 18.9 Å². The van der Waals surface area contributed by atoms with E-state index < -0.39 is 0 Å². The van der Waals surface area contributed by atoms with Crippen LogP contribution in [0.25, 0.3) is 0 Å². The van der Waals surface area contributed by atoms with Crippen LogP contribution in [-0.4, -0.2) is 23.2 Å². The van der Waals surface area contributed by atoms with Gasteiger partial charge in [-0.05, 0) is 55.9 Å². The smallest absolute Gasteiger partial charge is 0.119 e. The largest absolute Gasteiger partial charge is 0.493 e. The molecule has 0 bridgehead atoms. The van der Waals surface area contributed by atoms with Crippen molar-refractivity contribution < 1.29 is 42.6 Å². The molecule has 1 aliphatic carbocycles. The van der Waals surface area contributed by atoms with Gasteiger partial charge in [-0.3, -0.25) is 0 Å². The van der Waals surface area contributed by atoms with E-state index in [1.54, 1.807) is 11.3 Å². The van der Waals surface area contributed by atoms with Crippen molar-refractivity contribution in [2.75, 3.05) is 6.61 Å². The molecule has 1 N–H and O–H groups in total. The van der Waals surface area contributed by atoms with Gasteiger partial charge in [0.25, 0.3) is 0 Å². The average Bonchev–Trinajstić information content (AvgIpc) is 3.14. The number of hydrogen-bond donors (Lipinski definition) is 1. The Morgan fingerprint density at radius 1 is 1.23 bits per heavy atom. The van der Waals surface area contributed by atoms with Gasteiger partial charge in [-0.2, -0.15) is 6.07 Å². The fourth-order valence-corrected chi connectivity index (χ4v) is 5.05. The van der Waals surface area contributed by atoms with Gasteiger partial charge in [0, 0.05) is 44.0 Å². The van der Waals surface area contributed by atoms with Gasteiger partial charge in [0.15, 0.2) is 0 Å². The molecule has 0 aliphatic heterocycles. The van der Waals surface area contributed by atoms with E-state index in [0.717, 1.165) is 25.0 Å². The van der Waals surface area contributed by atoms with Gasteiger partial charge in [0.05, 0.1) is 12.7 Å². The van der Waals surface area contributed by atoms with Crippen LogP contribution >= 0.6 is 22.9 Å². The molecule has 1 radical (unpaired) electrons. The van der Waals surface area contributed by atoms with Crippen LogP contribution in [0.1, 0.15) is 35.3 Å². The zero-order chi connectivity index (χ0) is 17.8. The molecule has 2 aromatic rings. The van der Waals surface area contributed by atoms with Crippen LogP contribution in [0.2, 0.25) is 0 Å². The molecule has 5 heteroatoms. The van der Waals surface area contributed by atoms with Crippen molar-refractivity contribution in [2.24, 2.45) is 11.8 Å². The standard InChI is InChI=1S/C21H26ClO2S.Y/c1-14-9-15(2)11-16(10-14)24-13-19-18(20(22)12-21(19)23)7-3-5-17-6-4-8-25-17;/h4,6,9-11,18-21,23H,3,5,7,12-13H2,1-2H3;/q-1;/t18-,19-,20-,21-;/m1./s1. The van der Waals surface area contributed by atoms with Crippen molar-refractivity contribution in [3.8, 4) is 5.75 Å². The zero-order valence-corrected chi connectivity index (χ0v) is 19.9. The topological polar surface area (TPSA) is 29.5 Å². The van der Waals surface area contributed by atoms with E-state index >= 15 is 0 Å². The first-order chi connectivity index (χ1) is 12.0. The summed E-state index contributed by atoms with van der Waals surface area (Å²) in [4.78, 5) is 1.37. The third-order valence-electron chi connectivity index (χ3n) is 5.10. The fourth-order valence-electron chi connectivity index (χ4n) is 3.89. The molecule has 4 atom stereocenters. The summed E-state index contributed by atoms with van der Waals surface area (Å²) in [6.07, 6.45) is 3.49. The Labute approximate surface area is 191 Å². The Morgan fingerprint density at radius 2 is 1.96 bits per heavy atom. The number of aliphatic hydroxyl groups excluding tert-OH is 1. The van der Waals surface area contributed by atoms with E-state index in [-0.39, 0.29) is 50.1 Å². The van der Waals surface area contributed by atoms with Crippen molar-refractivity contribution in [2.45, 2.75) is 51.0 Å². The van der Waals surface area contributed by atoms with E-state index in [2.05, 4.69) is 43.5 Å². The van der Waals surface area contributed by atoms with Gasteiger partial charge < -0.3 is 21.2 Å². The first-order valence-electron chi connectivity index (χ1n) is 9.01. The SMILES string of the molecule is Cc1cc(C)cc(OC[C@@H]2[C@@H](CCCc3cc[c-]s3)[C@H](Cl)C[C@H]2O)c1.[Y]. The van der Waals surface area contributed by atoms with E-state index in [1.165, 1.54) is 16.0 Å². The maximum absolute atomic E-state index is 10.4. The fraction of sp³-hybridized carbons (Fsp3) is 0.524. The monoisotopic (exact) mass is 466 g/mol. The predicted molar refractivity (Wildman–Crippen MR) is 105 cm³/mol. The molecule has 0 amide bonds. The molecule has 0 saturated heterocycles. The van der Waals surface area contributed by atoms with E-state index in [4.69, 9.17) is 16.3 Å². The maximum atomic E-state index is 10.4. The third kappa shape index (κ3) is 6.04. The zero-order valence-electron chi connectivity index (χ0n) is 15.5. The normalized spacial score (nSPS) is 25.1. The number of aliphatic hydroxyl groups is 1. The van der Waals surface area contributed by atoms with Crippen LogP contribution in [0.5, 0.6) is 5.75 Å². The summed E-state index contributed by atoms with van der Waals surface area (Å²) in [5.41, 5.74) is 2.39. The summed E-state index contributed by atoms with van der Waals surface area (Å²) >= 11 is 8.23. The Hall–Kier alpha value is 0.0739. The van der Waals surface area contributed by atoms with Crippen molar-refractivity contribution in [1.29, 1.82) is 0 Å². The van der Waals surface area contributed by atoms with Gasteiger partial charge >= 0.3 is 0 Å². The number of ether oxygens (including phenoxy) is 1. The summed E-state index contributed by atoms with van der Waals surface area (Å²) in [7, 11) is 0. The minimum atomic E-state index is -0.367. The Bertz CT molecular complexity index is 656. The summed E-state index contributed by atoms with van der Waals surface area (Å²) in [6.45, 7) is 4.68. The third-order valence-corrected chi connectivity index (χ3v) is 6.46. The Kier molecular flexibility index (Phi) is 9.09. The summed E-state index contributed by atoms with van der Waals surface area (Å²) in [6, 6.07) is 10.3. The second-order valence-corrected chi connectivity index (χ2v) is 8.72. The predicted octanol–water partition coefficient (Wildman–Crippen LogP) is 5.17. The second kappa shape index (κ2) is 10.6. The molecule has 1 heterocycles. The van der Waals surface area contributed by atoms with Crippen molar-refractivity contribution in [1.82, 2.24) is 0 Å². The van der Waals surface area contributed by atoms with Crippen molar-refractivity contribution in [3.05, 3.63) is 51.7 Å². The summed E-state index contributed by atoms with van der Waals surface area (Å²) in [5, 5.41) is 13.6. The van der Waals surface area contributed by atoms with Crippen LogP contribution in [0, 0.1) is 31.1 Å². The molecule has 26 heavy (non-hydrogen) atoms. The molecule has 0 spiro atoms. The molecular formula is C21H26ClO2SY-. The second-order valence-electron chi connectivity index (χ2n) is 7.19. The Morgan fingerprint density at radius 3 is 2.62 bits per heavy atom. The number of rotatable bonds is 7. The maximum Gasteiger partial charge on any atom is 0.119 e. The summed E-state index contributed by atoms with van der Waals surface area (Å²) < 4.78 is 6.03. The molecular weight excluding hydrogens is 441 g/mol. The first kappa shape index (κ1) is 22.4. The number of hydrogen-bond acceptors (Lipinski definition) is 3. The number of benzene rings is 1. The minimum absolute atomic E-state index is 0. The molecule has 1 aromatic carbocycles. The molecule has 1 aromatic heterocycles. The number of aryl methyl sites for hydroxylation is 3. The molecule has 1 aliphatic rings. The van der Waals surface area contributed by atoms with Gasteiger partial charge in [-0.25, -0.2) is 6.07 Å².